The fourth-order valence-electron chi connectivity index (χ4n) is 1.66. The van der Waals surface area contributed by atoms with Crippen LogP contribution >= 0.6 is 0 Å². The zero-order valence-corrected chi connectivity index (χ0v) is 9.36. The Morgan fingerprint density at radius 1 is 1.38 bits per heavy atom. The van der Waals surface area contributed by atoms with Gasteiger partial charge < -0.3 is 11.1 Å². The van der Waals surface area contributed by atoms with Gasteiger partial charge >= 0.3 is 0 Å². The third-order valence-electron chi connectivity index (χ3n) is 2.90. The second kappa shape index (κ2) is 5.12. The second-order valence-corrected chi connectivity index (χ2v) is 4.48. The van der Waals surface area contributed by atoms with E-state index in [9.17, 15) is 4.79 Å². The molecule has 16 heavy (non-hydrogen) atoms. The SMILES string of the molecule is N[C@@H](Cc1ccccc1)C(=O)NCC1CC1. The number of benzene rings is 1. The van der Waals surface area contributed by atoms with Crippen LogP contribution in [0.3, 0.4) is 0 Å². The first-order valence-electron chi connectivity index (χ1n) is 5.83. The van der Waals surface area contributed by atoms with Crippen LogP contribution in [0.1, 0.15) is 18.4 Å². The van der Waals surface area contributed by atoms with Crippen molar-refractivity contribution in [2.45, 2.75) is 25.3 Å². The Labute approximate surface area is 96.0 Å². The summed E-state index contributed by atoms with van der Waals surface area (Å²) in [4.78, 5) is 11.6. The van der Waals surface area contributed by atoms with Gasteiger partial charge in [0.1, 0.15) is 0 Å². The van der Waals surface area contributed by atoms with Crippen molar-refractivity contribution in [1.29, 1.82) is 0 Å². The Morgan fingerprint density at radius 2 is 2.06 bits per heavy atom. The van der Waals surface area contributed by atoms with Crippen LogP contribution in [0.5, 0.6) is 0 Å². The van der Waals surface area contributed by atoms with Crippen molar-refractivity contribution in [2.24, 2.45) is 11.7 Å². The van der Waals surface area contributed by atoms with E-state index in [1.54, 1.807) is 0 Å². The number of amides is 1. The largest absolute Gasteiger partial charge is 0.354 e. The maximum Gasteiger partial charge on any atom is 0.237 e. The van der Waals surface area contributed by atoms with Crippen LogP contribution in [0.2, 0.25) is 0 Å². The second-order valence-electron chi connectivity index (χ2n) is 4.48. The van der Waals surface area contributed by atoms with Gasteiger partial charge in [-0.15, -0.1) is 0 Å². The molecule has 86 valence electrons. The van der Waals surface area contributed by atoms with Gasteiger partial charge in [-0.3, -0.25) is 4.79 Å². The normalized spacial score (nSPS) is 16.8. The van der Waals surface area contributed by atoms with Crippen molar-refractivity contribution in [3.63, 3.8) is 0 Å². The molecule has 3 heteroatoms. The Morgan fingerprint density at radius 3 is 2.69 bits per heavy atom. The van der Waals surface area contributed by atoms with Gasteiger partial charge in [-0.05, 0) is 30.7 Å². The Balaban J connectivity index is 1.77. The molecule has 0 spiro atoms. The van der Waals surface area contributed by atoms with Crippen LogP contribution < -0.4 is 11.1 Å². The van der Waals surface area contributed by atoms with Crippen LogP contribution in [-0.2, 0) is 11.2 Å². The molecular weight excluding hydrogens is 200 g/mol. The monoisotopic (exact) mass is 218 g/mol. The fraction of sp³-hybridized carbons (Fsp3) is 0.462. The maximum absolute atomic E-state index is 11.6. The molecule has 3 nitrogen and oxygen atoms in total. The minimum Gasteiger partial charge on any atom is -0.354 e. The van der Waals surface area contributed by atoms with Crippen LogP contribution in [0, 0.1) is 5.92 Å². The van der Waals surface area contributed by atoms with Gasteiger partial charge in [-0.1, -0.05) is 30.3 Å². The summed E-state index contributed by atoms with van der Waals surface area (Å²) in [5.41, 5.74) is 6.95. The Bertz CT molecular complexity index is 346. The van der Waals surface area contributed by atoms with E-state index in [2.05, 4.69) is 5.32 Å². The average molecular weight is 218 g/mol. The van der Waals surface area contributed by atoms with Crippen molar-refractivity contribution in [1.82, 2.24) is 5.32 Å². The summed E-state index contributed by atoms with van der Waals surface area (Å²) in [7, 11) is 0. The van der Waals surface area contributed by atoms with Crippen molar-refractivity contribution in [3.05, 3.63) is 35.9 Å². The Kier molecular flexibility index (Phi) is 3.57. The molecule has 2 rings (SSSR count). The lowest BCUT2D eigenvalue weighted by atomic mass is 10.1. The lowest BCUT2D eigenvalue weighted by Crippen LogP contribution is -2.42. The van der Waals surface area contributed by atoms with E-state index >= 15 is 0 Å². The summed E-state index contributed by atoms with van der Waals surface area (Å²) in [5, 5.41) is 2.90. The van der Waals surface area contributed by atoms with Gasteiger partial charge in [0.15, 0.2) is 0 Å². The third-order valence-corrected chi connectivity index (χ3v) is 2.90. The molecule has 0 aromatic heterocycles. The first-order chi connectivity index (χ1) is 7.75. The van der Waals surface area contributed by atoms with Crippen LogP contribution in [-0.4, -0.2) is 18.5 Å². The molecule has 1 atom stereocenters. The molecule has 1 fully saturated rings. The Hall–Kier alpha value is -1.35. The van der Waals surface area contributed by atoms with Crippen molar-refractivity contribution in [3.8, 4) is 0 Å². The van der Waals surface area contributed by atoms with E-state index in [1.165, 1.54) is 12.8 Å². The fourth-order valence-corrected chi connectivity index (χ4v) is 1.66. The molecule has 3 N–H and O–H groups in total. The predicted molar refractivity (Wildman–Crippen MR) is 63.9 cm³/mol. The van der Waals surface area contributed by atoms with Gasteiger partial charge in [0, 0.05) is 6.54 Å². The molecule has 1 saturated carbocycles. The zero-order valence-electron chi connectivity index (χ0n) is 9.36. The van der Waals surface area contributed by atoms with E-state index in [-0.39, 0.29) is 5.91 Å². The van der Waals surface area contributed by atoms with Gasteiger partial charge in [-0.25, -0.2) is 0 Å². The average Bonchev–Trinajstić information content (AvgIpc) is 3.11. The molecule has 1 aromatic carbocycles. The first kappa shape index (κ1) is 11.1. The summed E-state index contributed by atoms with van der Waals surface area (Å²) in [5.74, 6) is 0.670. The predicted octanol–water partition coefficient (Wildman–Crippen LogP) is 1.08. The maximum atomic E-state index is 11.6. The van der Waals surface area contributed by atoms with Gasteiger partial charge in [0.05, 0.1) is 6.04 Å². The number of hydrogen-bond acceptors (Lipinski definition) is 2. The number of hydrogen-bond donors (Lipinski definition) is 2. The van der Waals surface area contributed by atoms with Gasteiger partial charge in [0.2, 0.25) is 5.91 Å². The first-order valence-corrected chi connectivity index (χ1v) is 5.83. The van der Waals surface area contributed by atoms with Gasteiger partial charge in [-0.2, -0.15) is 0 Å². The highest BCUT2D eigenvalue weighted by Gasteiger charge is 2.23. The molecule has 0 saturated heterocycles. The molecule has 0 radical (unpaired) electrons. The highest BCUT2D eigenvalue weighted by molar-refractivity contribution is 5.81. The van der Waals surface area contributed by atoms with Crippen LogP contribution in [0.4, 0.5) is 0 Å². The van der Waals surface area contributed by atoms with E-state index in [1.807, 2.05) is 30.3 Å². The molecule has 0 heterocycles. The molecule has 0 unspecified atom stereocenters. The number of carbonyl (C=O) groups is 1. The number of nitrogens with one attached hydrogen (secondary N) is 1. The topological polar surface area (TPSA) is 55.1 Å². The van der Waals surface area contributed by atoms with Crippen molar-refractivity contribution >= 4 is 5.91 Å². The molecule has 1 aromatic rings. The van der Waals surface area contributed by atoms with E-state index in [0.29, 0.717) is 12.3 Å². The molecule has 1 amide bonds. The van der Waals surface area contributed by atoms with Crippen molar-refractivity contribution < 1.29 is 4.79 Å². The number of rotatable bonds is 5. The minimum atomic E-state index is -0.429. The van der Waals surface area contributed by atoms with Gasteiger partial charge in [0.25, 0.3) is 0 Å². The summed E-state index contributed by atoms with van der Waals surface area (Å²) in [6, 6.07) is 9.44. The highest BCUT2D eigenvalue weighted by Crippen LogP contribution is 2.27. The third kappa shape index (κ3) is 3.35. The molecule has 0 bridgehead atoms. The van der Waals surface area contributed by atoms with Crippen molar-refractivity contribution in [2.75, 3.05) is 6.54 Å². The quantitative estimate of drug-likeness (QED) is 0.777. The lowest BCUT2D eigenvalue weighted by Gasteiger charge is -2.11. The van der Waals surface area contributed by atoms with Crippen LogP contribution in [0.25, 0.3) is 0 Å². The number of carbonyl (C=O) groups excluding carboxylic acids is 1. The molecular formula is C13H18N2O. The molecule has 1 aliphatic carbocycles. The molecule has 0 aliphatic heterocycles. The van der Waals surface area contributed by atoms with E-state index in [0.717, 1.165) is 12.1 Å². The summed E-state index contributed by atoms with van der Waals surface area (Å²) >= 11 is 0. The summed E-state index contributed by atoms with van der Waals surface area (Å²) < 4.78 is 0. The highest BCUT2D eigenvalue weighted by atomic mass is 16.2. The van der Waals surface area contributed by atoms with E-state index < -0.39 is 6.04 Å². The van der Waals surface area contributed by atoms with Crippen LogP contribution in [0.15, 0.2) is 30.3 Å². The molecule has 1 aliphatic rings. The smallest absolute Gasteiger partial charge is 0.237 e. The van der Waals surface area contributed by atoms with E-state index in [4.69, 9.17) is 5.73 Å². The number of nitrogens with two attached hydrogens (primary N) is 1. The summed E-state index contributed by atoms with van der Waals surface area (Å²) in [6.45, 7) is 0.793. The zero-order chi connectivity index (χ0) is 11.4. The lowest BCUT2D eigenvalue weighted by molar-refractivity contribution is -0.122. The standard InChI is InChI=1S/C13H18N2O/c14-12(8-10-4-2-1-3-5-10)13(16)15-9-11-6-7-11/h1-5,11-12H,6-9,14H2,(H,15,16)/t12-/m0/s1. The minimum absolute atomic E-state index is 0.0317. The summed E-state index contributed by atoms with van der Waals surface area (Å²) in [6.07, 6.45) is 3.10.